The fourth-order valence-corrected chi connectivity index (χ4v) is 4.45. The van der Waals surface area contributed by atoms with E-state index in [2.05, 4.69) is 45.3 Å². The Bertz CT molecular complexity index is 232. The molecule has 19 heavy (non-hydrogen) atoms. The third-order valence-corrected chi connectivity index (χ3v) is 8.59. The molecule has 0 bridgehead atoms. The minimum absolute atomic E-state index is 0.510. The van der Waals surface area contributed by atoms with Crippen molar-refractivity contribution in [3.63, 3.8) is 0 Å². The lowest BCUT2D eigenvalue weighted by atomic mass is 9.95. The highest BCUT2D eigenvalue weighted by Gasteiger charge is 2.33. The Morgan fingerprint density at radius 1 is 0.842 bits per heavy atom. The second kappa shape index (κ2) is 9.91. The van der Waals surface area contributed by atoms with Crippen LogP contribution in [0, 0.1) is 0 Å². The van der Waals surface area contributed by atoms with Crippen LogP contribution in [0.3, 0.4) is 0 Å². The first kappa shape index (κ1) is 19.1. The van der Waals surface area contributed by atoms with Gasteiger partial charge in [-0.1, -0.05) is 84.1 Å². The van der Waals surface area contributed by atoms with E-state index in [9.17, 15) is 0 Å². The average Bonchev–Trinajstić information content (AvgIpc) is 2.38. The van der Waals surface area contributed by atoms with Crippen molar-refractivity contribution in [2.75, 3.05) is 12.5 Å². The summed E-state index contributed by atoms with van der Waals surface area (Å²) in [5.41, 5.74) is 0. The van der Waals surface area contributed by atoms with Gasteiger partial charge in [0.2, 0.25) is 0 Å². The van der Waals surface area contributed by atoms with Crippen LogP contribution in [0.4, 0.5) is 0 Å². The predicted octanol–water partition coefficient (Wildman–Crippen LogP) is 6.89. The van der Waals surface area contributed by atoms with Gasteiger partial charge in [-0.2, -0.15) is 0 Å². The largest absolute Gasteiger partial charge is 0.222 e. The molecule has 0 spiro atoms. The summed E-state index contributed by atoms with van der Waals surface area (Å²) in [5, 5.41) is 2.27. The number of unbranched alkanes of at least 4 members (excludes halogenated alkanes) is 6. The van der Waals surface area contributed by atoms with Crippen LogP contribution >= 0.6 is 10.0 Å². The predicted molar refractivity (Wildman–Crippen MR) is 95.6 cm³/mol. The molecule has 0 fully saturated rings. The fraction of sp³-hybridized carbons (Fsp3) is 0.889. The summed E-state index contributed by atoms with van der Waals surface area (Å²) < 4.78 is 0.510. The van der Waals surface area contributed by atoms with Crippen LogP contribution in [0.2, 0.25) is 0 Å². The summed E-state index contributed by atoms with van der Waals surface area (Å²) in [7, 11) is -0.669. The number of hydrogen-bond acceptors (Lipinski definition) is 0. The van der Waals surface area contributed by atoms with Crippen molar-refractivity contribution < 1.29 is 0 Å². The van der Waals surface area contributed by atoms with Crippen LogP contribution in [-0.2, 0) is 0 Å². The van der Waals surface area contributed by atoms with E-state index in [1.807, 2.05) is 0 Å². The van der Waals surface area contributed by atoms with Gasteiger partial charge in [0.15, 0.2) is 0 Å². The topological polar surface area (TPSA) is 0 Å². The maximum Gasteiger partial charge on any atom is 0.000205 e. The second-order valence-corrected chi connectivity index (χ2v) is 10.8. The quantitative estimate of drug-likeness (QED) is 0.342. The minimum atomic E-state index is -0.669. The van der Waals surface area contributed by atoms with Crippen molar-refractivity contribution in [3.05, 3.63) is 12.0 Å². The van der Waals surface area contributed by atoms with Crippen molar-refractivity contribution in [2.45, 2.75) is 89.7 Å². The monoisotopic (exact) mass is 286 g/mol. The molecular weight excluding hydrogens is 248 g/mol. The van der Waals surface area contributed by atoms with Crippen LogP contribution in [0.5, 0.6) is 0 Å². The first-order valence-corrected chi connectivity index (χ1v) is 10.8. The van der Waals surface area contributed by atoms with Gasteiger partial charge in [0.1, 0.15) is 0 Å². The molecule has 0 aromatic carbocycles. The molecular formula is C18H38S. The summed E-state index contributed by atoms with van der Waals surface area (Å²) in [6.07, 6.45) is 18.8. The van der Waals surface area contributed by atoms with Gasteiger partial charge in [0.05, 0.1) is 0 Å². The van der Waals surface area contributed by atoms with E-state index in [1.54, 1.807) is 0 Å². The van der Waals surface area contributed by atoms with Crippen molar-refractivity contribution in [1.82, 2.24) is 0 Å². The first-order chi connectivity index (χ1) is 8.93. The lowest BCUT2D eigenvalue weighted by Gasteiger charge is -2.47. The van der Waals surface area contributed by atoms with Crippen LogP contribution in [0.25, 0.3) is 0 Å². The van der Waals surface area contributed by atoms with E-state index in [0.717, 1.165) is 0 Å². The normalized spacial score (nSPS) is 16.1. The van der Waals surface area contributed by atoms with Crippen molar-refractivity contribution in [2.24, 2.45) is 0 Å². The molecule has 0 N–H and O–H groups in total. The molecule has 0 saturated carbocycles. The summed E-state index contributed by atoms with van der Waals surface area (Å²) in [6, 6.07) is 0. The molecule has 0 aromatic heterocycles. The molecule has 0 amide bonds. The minimum Gasteiger partial charge on any atom is -0.222 e. The Morgan fingerprint density at radius 2 is 1.26 bits per heavy atom. The van der Waals surface area contributed by atoms with E-state index in [1.165, 1.54) is 64.2 Å². The highest BCUT2D eigenvalue weighted by molar-refractivity contribution is 8.36. The van der Waals surface area contributed by atoms with Crippen LogP contribution in [0.15, 0.2) is 12.0 Å². The Kier molecular flexibility index (Phi) is 9.96. The van der Waals surface area contributed by atoms with Crippen molar-refractivity contribution in [3.8, 4) is 0 Å². The van der Waals surface area contributed by atoms with E-state index >= 15 is 0 Å². The Balaban J connectivity index is 4.36. The summed E-state index contributed by atoms with van der Waals surface area (Å²) in [5.74, 6) is 0. The maximum atomic E-state index is 4.12. The van der Waals surface area contributed by atoms with E-state index in [4.69, 9.17) is 0 Å². The van der Waals surface area contributed by atoms with Gasteiger partial charge >= 0.3 is 0 Å². The Labute approximate surface area is 124 Å². The molecule has 0 saturated heterocycles. The van der Waals surface area contributed by atoms with Crippen molar-refractivity contribution in [1.29, 1.82) is 0 Å². The third-order valence-electron chi connectivity index (χ3n) is 4.81. The number of rotatable bonds is 12. The molecule has 0 nitrogen and oxygen atoms in total. The molecule has 1 unspecified atom stereocenters. The average molecular weight is 287 g/mol. The molecule has 0 aliphatic carbocycles. The number of hydrogen-bond donors (Lipinski definition) is 0. The highest BCUT2D eigenvalue weighted by Crippen LogP contribution is 2.58. The molecule has 0 aromatic rings. The van der Waals surface area contributed by atoms with E-state index in [-0.39, 0.29) is 0 Å². The van der Waals surface area contributed by atoms with Gasteiger partial charge in [-0.25, -0.2) is 10.0 Å². The lowest BCUT2D eigenvalue weighted by molar-refractivity contribution is 0.471. The van der Waals surface area contributed by atoms with Gasteiger partial charge in [0, 0.05) is 4.75 Å². The van der Waals surface area contributed by atoms with Gasteiger partial charge in [-0.05, 0) is 25.4 Å². The van der Waals surface area contributed by atoms with Gasteiger partial charge in [-0.15, -0.1) is 0 Å². The van der Waals surface area contributed by atoms with Gasteiger partial charge < -0.3 is 0 Å². The molecule has 0 aliphatic rings. The summed E-state index contributed by atoms with van der Waals surface area (Å²) >= 11 is 0. The summed E-state index contributed by atoms with van der Waals surface area (Å²) in [6.45, 7) is 11.2. The van der Waals surface area contributed by atoms with Crippen LogP contribution in [-0.4, -0.2) is 17.3 Å². The standard InChI is InChI=1S/C18H38S/c1-7-10-12-13-15-17-18(4,16-14-11-8-2)19(5,6)9-3/h9H,3,7-8,10-17H2,1-2,4-6H3. The van der Waals surface area contributed by atoms with Gasteiger partial charge in [0.25, 0.3) is 0 Å². The van der Waals surface area contributed by atoms with Gasteiger partial charge in [-0.3, -0.25) is 0 Å². The highest BCUT2D eigenvalue weighted by atomic mass is 32.3. The molecule has 0 heterocycles. The third kappa shape index (κ3) is 6.88. The SMILES string of the molecule is C=CS(C)(C)C(C)(CCCCC)CCCCCCC. The van der Waals surface area contributed by atoms with Crippen LogP contribution in [0.1, 0.15) is 85.0 Å². The van der Waals surface area contributed by atoms with E-state index < -0.39 is 10.0 Å². The van der Waals surface area contributed by atoms with E-state index in [0.29, 0.717) is 4.75 Å². The summed E-state index contributed by atoms with van der Waals surface area (Å²) in [4.78, 5) is 0. The zero-order valence-electron chi connectivity index (χ0n) is 14.3. The smallest absolute Gasteiger partial charge is 0.000205 e. The zero-order chi connectivity index (χ0) is 14.8. The Morgan fingerprint density at radius 3 is 1.74 bits per heavy atom. The lowest BCUT2D eigenvalue weighted by Crippen LogP contribution is -2.30. The molecule has 0 rings (SSSR count). The Hall–Kier alpha value is 0.0900. The zero-order valence-corrected chi connectivity index (χ0v) is 15.1. The fourth-order valence-electron chi connectivity index (χ4n) is 2.70. The molecule has 1 heteroatoms. The maximum absolute atomic E-state index is 4.12. The molecule has 116 valence electrons. The molecule has 1 atom stereocenters. The van der Waals surface area contributed by atoms with Crippen LogP contribution < -0.4 is 0 Å². The second-order valence-electron chi connectivity index (χ2n) is 6.64. The molecule has 0 radical (unpaired) electrons. The first-order valence-electron chi connectivity index (χ1n) is 8.29. The molecule has 0 aliphatic heterocycles. The van der Waals surface area contributed by atoms with Crippen molar-refractivity contribution >= 4 is 10.0 Å².